The van der Waals surface area contributed by atoms with Crippen LogP contribution < -0.4 is 5.32 Å². The summed E-state index contributed by atoms with van der Waals surface area (Å²) in [5.74, 6) is -2.73. The van der Waals surface area contributed by atoms with Gasteiger partial charge in [-0.3, -0.25) is 0 Å². The lowest BCUT2D eigenvalue weighted by Crippen LogP contribution is -2.21. The van der Waals surface area contributed by atoms with Crippen LogP contribution in [-0.4, -0.2) is 7.05 Å². The molecule has 0 spiro atoms. The summed E-state index contributed by atoms with van der Waals surface area (Å²) in [4.78, 5) is 0. The average Bonchev–Trinajstić information content (AvgIpc) is 2.32. The third-order valence-electron chi connectivity index (χ3n) is 3.02. The van der Waals surface area contributed by atoms with Gasteiger partial charge in [0.05, 0.1) is 6.04 Å². The van der Waals surface area contributed by atoms with Crippen LogP contribution in [0.3, 0.4) is 0 Å². The lowest BCUT2D eigenvalue weighted by atomic mass is 9.96. The molecule has 20 heavy (non-hydrogen) atoms. The van der Waals surface area contributed by atoms with Crippen LogP contribution in [0.4, 0.5) is 13.2 Å². The van der Waals surface area contributed by atoms with E-state index >= 15 is 0 Å². The Balaban J connectivity index is 2.58. The number of aryl methyl sites for hydroxylation is 1. The van der Waals surface area contributed by atoms with Crippen LogP contribution in [0, 0.1) is 24.4 Å². The van der Waals surface area contributed by atoms with Gasteiger partial charge in [-0.1, -0.05) is 22.0 Å². The quantitative estimate of drug-likeness (QED) is 0.866. The average molecular weight is 344 g/mol. The van der Waals surface area contributed by atoms with Crippen molar-refractivity contribution in [3.05, 3.63) is 68.9 Å². The van der Waals surface area contributed by atoms with Gasteiger partial charge in [0.15, 0.2) is 0 Å². The Hall–Kier alpha value is -1.33. The normalized spacial score (nSPS) is 12.5. The molecule has 2 rings (SSSR count). The molecular formula is C15H13BrF3N. The van der Waals surface area contributed by atoms with E-state index in [0.29, 0.717) is 17.7 Å². The summed E-state index contributed by atoms with van der Waals surface area (Å²) in [6.07, 6.45) is 0. The first kappa shape index (κ1) is 15.1. The zero-order valence-corrected chi connectivity index (χ0v) is 12.6. The fourth-order valence-electron chi connectivity index (χ4n) is 2.24. The molecule has 5 heteroatoms. The highest BCUT2D eigenvalue weighted by atomic mass is 79.9. The summed E-state index contributed by atoms with van der Waals surface area (Å²) in [5, 5.41) is 2.87. The minimum absolute atomic E-state index is 0.189. The fraction of sp³-hybridized carbons (Fsp3) is 0.200. The van der Waals surface area contributed by atoms with Gasteiger partial charge in [-0.05, 0) is 37.2 Å². The molecule has 0 aliphatic rings. The molecule has 2 aromatic carbocycles. The highest BCUT2D eigenvalue weighted by Crippen LogP contribution is 2.29. The summed E-state index contributed by atoms with van der Waals surface area (Å²) in [6.45, 7) is 1.89. The van der Waals surface area contributed by atoms with E-state index in [-0.39, 0.29) is 5.56 Å². The molecule has 0 heterocycles. The van der Waals surface area contributed by atoms with Crippen molar-refractivity contribution >= 4 is 15.9 Å². The lowest BCUT2D eigenvalue weighted by molar-refractivity contribution is 0.500. The molecule has 0 aliphatic heterocycles. The van der Waals surface area contributed by atoms with Crippen molar-refractivity contribution in [3.63, 3.8) is 0 Å². The number of halogens is 4. The topological polar surface area (TPSA) is 12.0 Å². The van der Waals surface area contributed by atoms with Crippen molar-refractivity contribution in [2.75, 3.05) is 7.05 Å². The Bertz CT molecular complexity index is 600. The maximum Gasteiger partial charge on any atom is 0.134 e. The van der Waals surface area contributed by atoms with Gasteiger partial charge >= 0.3 is 0 Å². The monoisotopic (exact) mass is 343 g/mol. The molecule has 0 aromatic heterocycles. The van der Waals surface area contributed by atoms with Gasteiger partial charge in [0.25, 0.3) is 0 Å². The van der Waals surface area contributed by atoms with Crippen LogP contribution in [0.1, 0.15) is 22.7 Å². The van der Waals surface area contributed by atoms with Crippen LogP contribution >= 0.6 is 15.9 Å². The van der Waals surface area contributed by atoms with E-state index in [4.69, 9.17) is 0 Å². The smallest absolute Gasteiger partial charge is 0.134 e. The molecule has 2 aromatic rings. The van der Waals surface area contributed by atoms with Crippen molar-refractivity contribution < 1.29 is 13.2 Å². The summed E-state index contributed by atoms with van der Waals surface area (Å²) >= 11 is 3.36. The molecule has 0 fully saturated rings. The zero-order chi connectivity index (χ0) is 14.9. The van der Waals surface area contributed by atoms with E-state index in [1.165, 1.54) is 0 Å². The Kier molecular flexibility index (Phi) is 4.50. The highest BCUT2D eigenvalue weighted by Gasteiger charge is 2.22. The number of hydrogen-bond acceptors (Lipinski definition) is 1. The van der Waals surface area contributed by atoms with E-state index in [0.717, 1.165) is 10.0 Å². The van der Waals surface area contributed by atoms with Crippen LogP contribution in [-0.2, 0) is 0 Å². The molecule has 0 saturated carbocycles. The molecule has 1 nitrogen and oxygen atoms in total. The van der Waals surface area contributed by atoms with Crippen molar-refractivity contribution in [1.82, 2.24) is 5.32 Å². The van der Waals surface area contributed by atoms with Crippen molar-refractivity contribution in [3.8, 4) is 0 Å². The van der Waals surface area contributed by atoms with Crippen molar-refractivity contribution in [2.45, 2.75) is 13.0 Å². The molecule has 1 unspecified atom stereocenters. The van der Waals surface area contributed by atoms with E-state index in [1.54, 1.807) is 13.1 Å². The summed E-state index contributed by atoms with van der Waals surface area (Å²) < 4.78 is 41.6. The fourth-order valence-corrected chi connectivity index (χ4v) is 2.86. The van der Waals surface area contributed by atoms with Crippen LogP contribution in [0.2, 0.25) is 0 Å². The molecule has 0 radical (unpaired) electrons. The minimum Gasteiger partial charge on any atom is -0.309 e. The highest BCUT2D eigenvalue weighted by molar-refractivity contribution is 9.10. The molecular weight excluding hydrogens is 331 g/mol. The van der Waals surface area contributed by atoms with Crippen LogP contribution in [0.25, 0.3) is 0 Å². The predicted molar refractivity (Wildman–Crippen MR) is 76.1 cm³/mol. The van der Waals surface area contributed by atoms with Gasteiger partial charge in [-0.2, -0.15) is 0 Å². The maximum atomic E-state index is 13.9. The van der Waals surface area contributed by atoms with Gasteiger partial charge < -0.3 is 5.32 Å². The van der Waals surface area contributed by atoms with E-state index in [1.807, 2.05) is 19.1 Å². The summed E-state index contributed by atoms with van der Waals surface area (Å²) in [7, 11) is 1.60. The maximum absolute atomic E-state index is 13.9. The molecule has 1 atom stereocenters. The number of hydrogen-bond donors (Lipinski definition) is 1. The zero-order valence-electron chi connectivity index (χ0n) is 11.0. The van der Waals surface area contributed by atoms with E-state index < -0.39 is 23.5 Å². The Morgan fingerprint density at radius 2 is 1.60 bits per heavy atom. The second kappa shape index (κ2) is 5.97. The van der Waals surface area contributed by atoms with E-state index in [2.05, 4.69) is 21.2 Å². The number of rotatable bonds is 3. The largest absolute Gasteiger partial charge is 0.309 e. The van der Waals surface area contributed by atoms with Crippen LogP contribution in [0.15, 0.2) is 34.8 Å². The van der Waals surface area contributed by atoms with Crippen molar-refractivity contribution in [2.24, 2.45) is 0 Å². The SMILES string of the molecule is CNC(c1cc(C)cc(Br)c1)c1c(F)cc(F)cc1F. The first-order valence-electron chi connectivity index (χ1n) is 6.01. The third kappa shape index (κ3) is 3.04. The number of benzene rings is 2. The Morgan fingerprint density at radius 3 is 2.10 bits per heavy atom. The van der Waals surface area contributed by atoms with Gasteiger partial charge in [-0.25, -0.2) is 13.2 Å². The second-order valence-electron chi connectivity index (χ2n) is 4.57. The third-order valence-corrected chi connectivity index (χ3v) is 3.48. The molecule has 0 aliphatic carbocycles. The summed E-state index contributed by atoms with van der Waals surface area (Å²) in [6, 6.07) is 6.19. The standard InChI is InChI=1S/C15H13BrF3N/c1-8-3-9(5-10(16)4-8)15(20-2)14-12(18)6-11(17)7-13(14)19/h3-7,15,20H,1-2H3. The van der Waals surface area contributed by atoms with Gasteiger partial charge in [0.2, 0.25) is 0 Å². The molecule has 0 amide bonds. The minimum atomic E-state index is -0.927. The second-order valence-corrected chi connectivity index (χ2v) is 5.48. The summed E-state index contributed by atoms with van der Waals surface area (Å²) in [5.41, 5.74) is 1.47. The molecule has 1 N–H and O–H groups in total. The van der Waals surface area contributed by atoms with E-state index in [9.17, 15) is 13.2 Å². The van der Waals surface area contributed by atoms with Crippen molar-refractivity contribution in [1.29, 1.82) is 0 Å². The van der Waals surface area contributed by atoms with Gasteiger partial charge in [-0.15, -0.1) is 0 Å². The first-order valence-corrected chi connectivity index (χ1v) is 6.80. The molecule has 0 bridgehead atoms. The van der Waals surface area contributed by atoms with Gasteiger partial charge in [0.1, 0.15) is 17.5 Å². The molecule has 106 valence electrons. The Morgan fingerprint density at radius 1 is 1.00 bits per heavy atom. The first-order chi connectivity index (χ1) is 9.42. The lowest BCUT2D eigenvalue weighted by Gasteiger charge is -2.19. The Labute approximate surface area is 123 Å². The predicted octanol–water partition coefficient (Wildman–Crippen LogP) is 4.48. The number of nitrogens with one attached hydrogen (secondary N) is 1. The van der Waals surface area contributed by atoms with Crippen LogP contribution in [0.5, 0.6) is 0 Å². The molecule has 0 saturated heterocycles. The van der Waals surface area contributed by atoms with Gasteiger partial charge in [0, 0.05) is 22.2 Å².